The highest BCUT2D eigenvalue weighted by molar-refractivity contribution is 5.95. The first kappa shape index (κ1) is 24.7. The molecule has 4 aromatic rings. The van der Waals surface area contributed by atoms with Crippen molar-refractivity contribution >= 4 is 17.2 Å². The van der Waals surface area contributed by atoms with E-state index in [2.05, 4.69) is 22.1 Å². The van der Waals surface area contributed by atoms with Gasteiger partial charge in [0.2, 0.25) is 0 Å². The SMILES string of the molecule is C#Cc1cc(F)c(C(=O)N2CCN(c3ccc(-c4cc(OCC)cn5ncc(C#N)c45)cn3)CC2)c(F)c1. The zero-order valence-electron chi connectivity index (χ0n) is 20.5. The van der Waals surface area contributed by atoms with Crippen molar-refractivity contribution in [1.82, 2.24) is 19.5 Å². The minimum Gasteiger partial charge on any atom is -0.492 e. The van der Waals surface area contributed by atoms with Crippen molar-refractivity contribution < 1.29 is 18.3 Å². The first-order chi connectivity index (χ1) is 18.4. The maximum absolute atomic E-state index is 14.4. The van der Waals surface area contributed by atoms with Gasteiger partial charge in [-0.25, -0.2) is 18.3 Å². The average molecular weight is 513 g/mol. The maximum atomic E-state index is 14.4. The Morgan fingerprint density at radius 1 is 1.13 bits per heavy atom. The second-order valence-electron chi connectivity index (χ2n) is 8.63. The highest BCUT2D eigenvalue weighted by atomic mass is 19.1. The average Bonchev–Trinajstić information content (AvgIpc) is 3.35. The van der Waals surface area contributed by atoms with Crippen molar-refractivity contribution in [2.24, 2.45) is 0 Å². The van der Waals surface area contributed by atoms with E-state index < -0.39 is 23.1 Å². The number of piperazine rings is 1. The number of nitriles is 1. The number of ether oxygens (including phenoxy) is 1. The molecule has 10 heteroatoms. The summed E-state index contributed by atoms with van der Waals surface area (Å²) in [4.78, 5) is 20.8. The van der Waals surface area contributed by atoms with Crippen LogP contribution in [-0.2, 0) is 0 Å². The van der Waals surface area contributed by atoms with Gasteiger partial charge in [0.25, 0.3) is 5.91 Å². The molecule has 1 aromatic carbocycles. The summed E-state index contributed by atoms with van der Waals surface area (Å²) < 4.78 is 36.0. The molecule has 0 bridgehead atoms. The number of terminal acetylenes is 1. The lowest BCUT2D eigenvalue weighted by Gasteiger charge is -2.35. The summed E-state index contributed by atoms with van der Waals surface area (Å²) in [5.41, 5.74) is 2.09. The van der Waals surface area contributed by atoms with E-state index in [1.807, 2.05) is 30.0 Å². The van der Waals surface area contributed by atoms with E-state index in [1.54, 1.807) is 16.9 Å². The number of fused-ring (bicyclic) bond motifs is 1. The van der Waals surface area contributed by atoms with Crippen LogP contribution in [0, 0.1) is 35.3 Å². The molecule has 0 spiro atoms. The first-order valence-corrected chi connectivity index (χ1v) is 11.9. The van der Waals surface area contributed by atoms with Gasteiger partial charge in [-0.05, 0) is 37.3 Å². The minimum absolute atomic E-state index is 0.0401. The Bertz CT molecular complexity index is 1590. The molecule has 1 fully saturated rings. The fraction of sp³-hybridized carbons (Fsp3) is 0.214. The monoisotopic (exact) mass is 512 g/mol. The Kier molecular flexibility index (Phi) is 6.63. The molecule has 0 atom stereocenters. The predicted octanol–water partition coefficient (Wildman–Crippen LogP) is 3.89. The van der Waals surface area contributed by atoms with Gasteiger partial charge >= 0.3 is 0 Å². The number of halogens is 2. The fourth-order valence-electron chi connectivity index (χ4n) is 4.53. The molecule has 0 unspecified atom stereocenters. The van der Waals surface area contributed by atoms with Crippen LogP contribution >= 0.6 is 0 Å². The summed E-state index contributed by atoms with van der Waals surface area (Å²) in [6.07, 6.45) is 10.2. The standard InChI is InChI=1S/C28H22F2N6O2/c1-3-18-11-23(29)26(24(30)12-18)28(37)35-9-7-34(8-10-35)25-6-5-19(15-32-25)22-13-21(38-4-2)17-36-27(22)20(14-31)16-33-36/h1,5-6,11-13,15-17H,4,7-10H2,2H3. The third kappa shape index (κ3) is 4.48. The number of nitrogens with zero attached hydrogens (tertiary/aromatic N) is 6. The number of amides is 1. The van der Waals surface area contributed by atoms with Crippen LogP contribution in [0.3, 0.4) is 0 Å². The number of aromatic nitrogens is 3. The van der Waals surface area contributed by atoms with Gasteiger partial charge in [0.15, 0.2) is 0 Å². The number of carbonyl (C=O) groups is 1. The highest BCUT2D eigenvalue weighted by Gasteiger charge is 2.27. The molecular weight excluding hydrogens is 490 g/mol. The summed E-state index contributed by atoms with van der Waals surface area (Å²) in [5.74, 6) is 0.839. The van der Waals surface area contributed by atoms with E-state index in [-0.39, 0.29) is 18.7 Å². The molecule has 5 rings (SSSR count). The predicted molar refractivity (Wildman–Crippen MR) is 137 cm³/mol. The number of benzene rings is 1. The summed E-state index contributed by atoms with van der Waals surface area (Å²) in [7, 11) is 0. The van der Waals surface area contributed by atoms with Gasteiger partial charge in [-0.3, -0.25) is 4.79 Å². The van der Waals surface area contributed by atoms with Crippen LogP contribution in [0.2, 0.25) is 0 Å². The molecule has 0 saturated carbocycles. The third-order valence-corrected chi connectivity index (χ3v) is 6.39. The Balaban J connectivity index is 1.33. The normalized spacial score (nSPS) is 13.3. The smallest absolute Gasteiger partial charge is 0.259 e. The van der Waals surface area contributed by atoms with Crippen LogP contribution in [0.4, 0.5) is 14.6 Å². The topological polar surface area (TPSA) is 86.8 Å². The quantitative estimate of drug-likeness (QED) is 0.377. The molecule has 0 aliphatic carbocycles. The molecule has 1 aliphatic rings. The first-order valence-electron chi connectivity index (χ1n) is 11.9. The molecule has 190 valence electrons. The summed E-state index contributed by atoms with van der Waals surface area (Å²) in [6.45, 7) is 3.80. The Hall–Kier alpha value is -4.96. The van der Waals surface area contributed by atoms with E-state index in [0.29, 0.717) is 42.3 Å². The van der Waals surface area contributed by atoms with E-state index in [4.69, 9.17) is 11.2 Å². The van der Waals surface area contributed by atoms with Crippen molar-refractivity contribution in [3.8, 4) is 35.3 Å². The number of hydrogen-bond acceptors (Lipinski definition) is 6. The molecule has 3 aromatic heterocycles. The Morgan fingerprint density at radius 2 is 1.87 bits per heavy atom. The van der Waals surface area contributed by atoms with Crippen molar-refractivity contribution in [1.29, 1.82) is 5.26 Å². The Labute approximate surface area is 217 Å². The highest BCUT2D eigenvalue weighted by Crippen LogP contribution is 2.31. The lowest BCUT2D eigenvalue weighted by Crippen LogP contribution is -2.49. The van der Waals surface area contributed by atoms with E-state index in [1.165, 1.54) is 11.1 Å². The van der Waals surface area contributed by atoms with Crippen LogP contribution in [0.15, 0.2) is 48.9 Å². The fourth-order valence-corrected chi connectivity index (χ4v) is 4.53. The van der Waals surface area contributed by atoms with Crippen molar-refractivity contribution in [2.75, 3.05) is 37.7 Å². The summed E-state index contributed by atoms with van der Waals surface area (Å²) >= 11 is 0. The van der Waals surface area contributed by atoms with Gasteiger partial charge in [0.1, 0.15) is 34.8 Å². The van der Waals surface area contributed by atoms with Gasteiger partial charge in [-0.1, -0.05) is 5.92 Å². The molecule has 0 N–H and O–H groups in total. The Morgan fingerprint density at radius 3 is 2.47 bits per heavy atom. The van der Waals surface area contributed by atoms with Crippen LogP contribution in [0.1, 0.15) is 28.4 Å². The second kappa shape index (κ2) is 10.2. The van der Waals surface area contributed by atoms with Gasteiger partial charge in [-0.15, -0.1) is 6.42 Å². The number of hydrogen-bond donors (Lipinski definition) is 0. The summed E-state index contributed by atoms with van der Waals surface area (Å²) in [6, 6.07) is 9.76. The van der Waals surface area contributed by atoms with Crippen LogP contribution < -0.4 is 9.64 Å². The van der Waals surface area contributed by atoms with Crippen LogP contribution in [0.25, 0.3) is 16.6 Å². The number of anilines is 1. The molecule has 38 heavy (non-hydrogen) atoms. The van der Waals surface area contributed by atoms with E-state index in [0.717, 1.165) is 23.3 Å². The van der Waals surface area contributed by atoms with Crippen molar-refractivity contribution in [2.45, 2.75) is 6.92 Å². The van der Waals surface area contributed by atoms with Crippen molar-refractivity contribution in [3.63, 3.8) is 0 Å². The van der Waals surface area contributed by atoms with Crippen LogP contribution in [-0.4, -0.2) is 58.2 Å². The number of pyridine rings is 2. The minimum atomic E-state index is -0.970. The zero-order valence-corrected chi connectivity index (χ0v) is 20.5. The molecule has 0 radical (unpaired) electrons. The molecular formula is C28H22F2N6O2. The van der Waals surface area contributed by atoms with E-state index in [9.17, 15) is 18.8 Å². The van der Waals surface area contributed by atoms with E-state index >= 15 is 0 Å². The van der Waals surface area contributed by atoms with Gasteiger partial charge < -0.3 is 14.5 Å². The lowest BCUT2D eigenvalue weighted by atomic mass is 10.1. The summed E-state index contributed by atoms with van der Waals surface area (Å²) in [5, 5.41) is 13.8. The second-order valence-corrected chi connectivity index (χ2v) is 8.63. The van der Waals surface area contributed by atoms with Gasteiger partial charge in [0.05, 0.1) is 30.1 Å². The number of rotatable bonds is 5. The molecule has 8 nitrogen and oxygen atoms in total. The molecule has 4 heterocycles. The van der Waals surface area contributed by atoms with Gasteiger partial charge in [-0.2, -0.15) is 10.4 Å². The molecule has 1 amide bonds. The third-order valence-electron chi connectivity index (χ3n) is 6.39. The lowest BCUT2D eigenvalue weighted by molar-refractivity contribution is 0.0736. The van der Waals surface area contributed by atoms with Gasteiger partial charge in [0, 0.05) is 49.1 Å². The number of carbonyl (C=O) groups excluding carboxylic acids is 1. The molecule has 1 aliphatic heterocycles. The zero-order chi connectivity index (χ0) is 26.8. The van der Waals surface area contributed by atoms with Crippen LogP contribution in [0.5, 0.6) is 5.75 Å². The maximum Gasteiger partial charge on any atom is 0.259 e. The van der Waals surface area contributed by atoms with Crippen molar-refractivity contribution in [3.05, 3.63) is 77.2 Å². The molecule has 1 saturated heterocycles. The largest absolute Gasteiger partial charge is 0.492 e.